The van der Waals surface area contributed by atoms with Crippen molar-refractivity contribution in [3.8, 4) is 0 Å². The van der Waals surface area contributed by atoms with Crippen LogP contribution in [-0.4, -0.2) is 78.6 Å². The van der Waals surface area contributed by atoms with Gasteiger partial charge >= 0.3 is 20.8 Å². The van der Waals surface area contributed by atoms with Gasteiger partial charge < -0.3 is 20.1 Å². The fraction of sp³-hybridized carbons (Fsp3) is 0.833. The normalized spacial score (nSPS) is 19.1. The lowest BCUT2D eigenvalue weighted by Gasteiger charge is -2.24. The average molecular weight is 340 g/mol. The molecule has 14 heteroatoms. The zero-order valence-electron chi connectivity index (χ0n) is 9.50. The van der Waals surface area contributed by atoms with Crippen molar-refractivity contribution in [3.63, 3.8) is 0 Å². The van der Waals surface area contributed by atoms with E-state index in [0.29, 0.717) is 0 Å². The van der Waals surface area contributed by atoms with Crippen molar-refractivity contribution in [1.29, 1.82) is 0 Å². The van der Waals surface area contributed by atoms with Crippen LogP contribution in [0.5, 0.6) is 0 Å². The lowest BCUT2D eigenvalue weighted by molar-refractivity contribution is -0.132. The van der Waals surface area contributed by atoms with Crippen LogP contribution in [0.1, 0.15) is 0 Å². The summed E-state index contributed by atoms with van der Waals surface area (Å²) in [6, 6.07) is 0. The molecule has 0 aliphatic heterocycles. The molecule has 0 saturated heterocycles. The first-order valence-electron chi connectivity index (χ1n) is 4.64. The standard InChI is InChI=1S/C6H12O12S2/c7-1-4(18-20(14,15)16)6(10)5(9)3(8)2-17-19(11,12)13/h1,3-6,8-10H,2H2,(H,11,12,13)(H,14,15,16)/t3-,4+,5+,6-/m1/s1. The molecule has 0 rings (SSSR count). The van der Waals surface area contributed by atoms with Gasteiger partial charge in [0.05, 0.1) is 6.61 Å². The number of hydrogen-bond donors (Lipinski definition) is 5. The van der Waals surface area contributed by atoms with Crippen LogP contribution in [-0.2, 0) is 34.0 Å². The fourth-order valence-corrected chi connectivity index (χ4v) is 1.73. The van der Waals surface area contributed by atoms with Crippen LogP contribution in [0, 0.1) is 0 Å². The molecular weight excluding hydrogens is 328 g/mol. The number of aliphatic hydroxyl groups excluding tert-OH is 3. The van der Waals surface area contributed by atoms with Gasteiger partial charge in [-0.05, 0) is 0 Å². The van der Waals surface area contributed by atoms with Crippen LogP contribution < -0.4 is 0 Å². The van der Waals surface area contributed by atoms with Crippen LogP contribution >= 0.6 is 0 Å². The topological polar surface area (TPSA) is 205 Å². The van der Waals surface area contributed by atoms with Crippen molar-refractivity contribution in [3.05, 3.63) is 0 Å². The summed E-state index contributed by atoms with van der Waals surface area (Å²) in [5.41, 5.74) is 0. The van der Waals surface area contributed by atoms with E-state index in [1.165, 1.54) is 0 Å². The summed E-state index contributed by atoms with van der Waals surface area (Å²) in [6.45, 7) is -1.20. The van der Waals surface area contributed by atoms with Gasteiger partial charge in [0, 0.05) is 0 Å². The zero-order valence-corrected chi connectivity index (χ0v) is 11.1. The molecule has 0 aromatic rings. The number of rotatable bonds is 9. The molecule has 0 aromatic carbocycles. The number of aliphatic hydroxyl groups is 3. The third-order valence-electron chi connectivity index (χ3n) is 1.84. The summed E-state index contributed by atoms with van der Waals surface area (Å²) in [4.78, 5) is 10.4. The molecular formula is C6H12O12S2. The monoisotopic (exact) mass is 340 g/mol. The van der Waals surface area contributed by atoms with E-state index in [2.05, 4.69) is 8.37 Å². The Balaban J connectivity index is 4.72. The smallest absolute Gasteiger partial charge is 0.388 e. The Morgan fingerprint density at radius 2 is 1.45 bits per heavy atom. The summed E-state index contributed by atoms with van der Waals surface area (Å²) in [6.07, 6.45) is -9.30. The van der Waals surface area contributed by atoms with E-state index in [9.17, 15) is 36.9 Å². The van der Waals surface area contributed by atoms with E-state index in [1.54, 1.807) is 0 Å². The molecule has 0 heterocycles. The van der Waals surface area contributed by atoms with Crippen LogP contribution in [0.15, 0.2) is 0 Å². The molecule has 120 valence electrons. The molecule has 0 aliphatic carbocycles. The van der Waals surface area contributed by atoms with Crippen molar-refractivity contribution >= 4 is 27.1 Å². The summed E-state index contributed by atoms with van der Waals surface area (Å²) in [5, 5.41) is 27.8. The third-order valence-corrected chi connectivity index (χ3v) is 2.73. The lowest BCUT2D eigenvalue weighted by atomic mass is 10.0. The minimum Gasteiger partial charge on any atom is -0.388 e. The van der Waals surface area contributed by atoms with Crippen molar-refractivity contribution in [2.75, 3.05) is 6.61 Å². The van der Waals surface area contributed by atoms with Gasteiger partial charge in [0.15, 0.2) is 12.4 Å². The van der Waals surface area contributed by atoms with Gasteiger partial charge in [-0.1, -0.05) is 0 Å². The number of aldehydes is 1. The van der Waals surface area contributed by atoms with Crippen molar-refractivity contribution < 1.29 is 54.4 Å². The van der Waals surface area contributed by atoms with Gasteiger partial charge in [-0.15, -0.1) is 0 Å². The maximum atomic E-state index is 10.4. The molecule has 4 atom stereocenters. The van der Waals surface area contributed by atoms with Crippen LogP contribution in [0.25, 0.3) is 0 Å². The molecule has 20 heavy (non-hydrogen) atoms. The maximum absolute atomic E-state index is 10.4. The van der Waals surface area contributed by atoms with E-state index in [-0.39, 0.29) is 6.29 Å². The molecule has 5 N–H and O–H groups in total. The summed E-state index contributed by atoms with van der Waals surface area (Å²) in [5.74, 6) is 0. The molecule has 0 bridgehead atoms. The Hall–Kier alpha value is -0.710. The van der Waals surface area contributed by atoms with Crippen LogP contribution in [0.3, 0.4) is 0 Å². The Morgan fingerprint density at radius 1 is 0.950 bits per heavy atom. The highest BCUT2D eigenvalue weighted by atomic mass is 32.3. The minimum absolute atomic E-state index is 0.294. The van der Waals surface area contributed by atoms with Gasteiger partial charge in [-0.25, -0.2) is 8.37 Å². The van der Waals surface area contributed by atoms with Crippen molar-refractivity contribution in [2.45, 2.75) is 24.4 Å². The second kappa shape index (κ2) is 7.34. The average Bonchev–Trinajstić information content (AvgIpc) is 2.29. The quantitative estimate of drug-likeness (QED) is 0.203. The predicted molar refractivity (Wildman–Crippen MR) is 58.0 cm³/mol. The van der Waals surface area contributed by atoms with E-state index in [0.717, 1.165) is 0 Å². The highest BCUT2D eigenvalue weighted by Crippen LogP contribution is 2.10. The molecule has 0 radical (unpaired) electrons. The molecule has 12 nitrogen and oxygen atoms in total. The molecule has 0 unspecified atom stereocenters. The van der Waals surface area contributed by atoms with Crippen molar-refractivity contribution in [2.24, 2.45) is 0 Å². The molecule has 0 spiro atoms. The van der Waals surface area contributed by atoms with Gasteiger partial charge in [0.1, 0.15) is 18.3 Å². The Bertz CT molecular complexity index is 508. The van der Waals surface area contributed by atoms with Crippen molar-refractivity contribution in [1.82, 2.24) is 0 Å². The second-order valence-corrected chi connectivity index (χ2v) is 5.52. The van der Waals surface area contributed by atoms with Gasteiger partial charge in [-0.3, -0.25) is 9.11 Å². The van der Waals surface area contributed by atoms with Crippen LogP contribution in [0.2, 0.25) is 0 Å². The number of carbonyl (C=O) groups is 1. The fourth-order valence-electron chi connectivity index (χ4n) is 0.977. The zero-order chi connectivity index (χ0) is 16.1. The maximum Gasteiger partial charge on any atom is 0.398 e. The van der Waals surface area contributed by atoms with Crippen LogP contribution in [0.4, 0.5) is 0 Å². The van der Waals surface area contributed by atoms with E-state index in [1.807, 2.05) is 0 Å². The summed E-state index contributed by atoms with van der Waals surface area (Å²) < 4.78 is 64.9. The summed E-state index contributed by atoms with van der Waals surface area (Å²) >= 11 is 0. The second-order valence-electron chi connectivity index (χ2n) is 3.39. The van der Waals surface area contributed by atoms with Gasteiger partial charge in [0.2, 0.25) is 0 Å². The SMILES string of the molecule is O=C[C@H](OS(=O)(=O)O)[C@@H](O)[C@@H](O)[C@H](O)COS(=O)(=O)O. The van der Waals surface area contributed by atoms with Gasteiger partial charge in [0.25, 0.3) is 0 Å². The minimum atomic E-state index is -5.13. The first-order chi connectivity index (χ1) is 8.87. The van der Waals surface area contributed by atoms with Gasteiger partial charge in [-0.2, -0.15) is 16.8 Å². The highest BCUT2D eigenvalue weighted by molar-refractivity contribution is 7.81. The lowest BCUT2D eigenvalue weighted by Crippen LogP contribution is -2.48. The third kappa shape index (κ3) is 7.78. The van der Waals surface area contributed by atoms with E-state index in [4.69, 9.17) is 9.11 Å². The summed E-state index contributed by atoms with van der Waals surface area (Å²) in [7, 11) is -10.0. The first kappa shape index (κ1) is 19.3. The Labute approximate surface area is 113 Å². The molecule has 0 fully saturated rings. The molecule has 0 aromatic heterocycles. The molecule has 0 amide bonds. The molecule has 0 aliphatic rings. The Morgan fingerprint density at radius 3 is 1.80 bits per heavy atom. The number of hydrogen-bond acceptors (Lipinski definition) is 10. The highest BCUT2D eigenvalue weighted by Gasteiger charge is 2.35. The van der Waals surface area contributed by atoms with E-state index < -0.39 is 51.8 Å². The first-order valence-corrected chi connectivity index (χ1v) is 7.37. The number of carbonyl (C=O) groups excluding carboxylic acids is 1. The van der Waals surface area contributed by atoms with E-state index >= 15 is 0 Å². The predicted octanol–water partition coefficient (Wildman–Crippen LogP) is -3.72. The molecule has 0 saturated carbocycles. The Kier molecular flexibility index (Phi) is 7.08. The largest absolute Gasteiger partial charge is 0.398 e.